The Hall–Kier alpha value is -3.46. The lowest BCUT2D eigenvalue weighted by atomic mass is 10.0. The fourth-order valence-electron chi connectivity index (χ4n) is 5.20. The first kappa shape index (κ1) is 25.6. The average Bonchev–Trinajstić information content (AvgIpc) is 3.53. The zero-order valence-corrected chi connectivity index (χ0v) is 21.5. The van der Waals surface area contributed by atoms with Crippen LogP contribution in [0.4, 0.5) is 15.4 Å². The third-order valence-electron chi connectivity index (χ3n) is 7.06. The summed E-state index contributed by atoms with van der Waals surface area (Å²) in [5.74, 6) is 0.197. The van der Waals surface area contributed by atoms with Crippen LogP contribution in [-0.4, -0.2) is 97.4 Å². The first-order chi connectivity index (χ1) is 17.2. The van der Waals surface area contributed by atoms with Crippen LogP contribution in [0, 0.1) is 17.2 Å². The van der Waals surface area contributed by atoms with E-state index in [2.05, 4.69) is 19.9 Å². The number of nitrogens with zero attached hydrogens (tertiary/aromatic N) is 9. The fraction of sp³-hybridized carbons (Fsp3) is 0.667. The third-order valence-corrected chi connectivity index (χ3v) is 7.06. The molecule has 1 N–H and O–H groups in total. The topological polar surface area (TPSA) is 135 Å². The lowest BCUT2D eigenvalue weighted by Gasteiger charge is -2.38. The molecule has 2 aromatic rings. The van der Waals surface area contributed by atoms with Crippen molar-refractivity contribution < 1.29 is 14.7 Å². The number of nitriles is 1. The maximum Gasteiger partial charge on any atom is 0.426 e. The lowest BCUT2D eigenvalue weighted by Crippen LogP contribution is -2.52. The molecule has 2 fully saturated rings. The van der Waals surface area contributed by atoms with E-state index >= 15 is 0 Å². The van der Waals surface area contributed by atoms with E-state index in [1.54, 1.807) is 9.91 Å². The Kier molecular flexibility index (Phi) is 7.59. The van der Waals surface area contributed by atoms with E-state index in [1.807, 2.05) is 34.0 Å². The van der Waals surface area contributed by atoms with Crippen LogP contribution in [0.25, 0.3) is 11.2 Å². The van der Waals surface area contributed by atoms with E-state index in [0.29, 0.717) is 24.6 Å². The summed E-state index contributed by atoms with van der Waals surface area (Å²) in [7, 11) is 4.09. The normalized spacial score (nSPS) is 17.2. The van der Waals surface area contributed by atoms with Crippen molar-refractivity contribution in [1.29, 1.82) is 5.26 Å². The molecule has 194 valence electrons. The molecule has 1 aliphatic heterocycles. The molecular weight excluding hydrogens is 462 g/mol. The van der Waals surface area contributed by atoms with E-state index in [1.165, 1.54) is 15.9 Å². The summed E-state index contributed by atoms with van der Waals surface area (Å²) in [6.45, 7) is 5.39. The number of hydrogen-bond donors (Lipinski definition) is 1. The van der Waals surface area contributed by atoms with Gasteiger partial charge in [-0.1, -0.05) is 26.7 Å². The third kappa shape index (κ3) is 5.06. The summed E-state index contributed by atoms with van der Waals surface area (Å²) >= 11 is 0. The Labute approximate surface area is 211 Å². The molecule has 12 nitrogen and oxygen atoms in total. The van der Waals surface area contributed by atoms with E-state index in [4.69, 9.17) is 0 Å². The van der Waals surface area contributed by atoms with Gasteiger partial charge in [-0.05, 0) is 45.7 Å². The van der Waals surface area contributed by atoms with Crippen molar-refractivity contribution in [2.75, 3.05) is 38.7 Å². The molecule has 0 unspecified atom stereocenters. The van der Waals surface area contributed by atoms with Gasteiger partial charge in [0.2, 0.25) is 5.82 Å². The van der Waals surface area contributed by atoms with E-state index < -0.39 is 6.09 Å². The molecule has 0 aromatic carbocycles. The van der Waals surface area contributed by atoms with Gasteiger partial charge in [-0.2, -0.15) is 15.2 Å². The Morgan fingerprint density at radius 3 is 2.36 bits per heavy atom. The van der Waals surface area contributed by atoms with Crippen LogP contribution in [0.3, 0.4) is 0 Å². The Morgan fingerprint density at radius 1 is 1.14 bits per heavy atom. The lowest BCUT2D eigenvalue weighted by molar-refractivity contribution is 0.126. The second-order valence-corrected chi connectivity index (χ2v) is 10.3. The first-order valence-electron chi connectivity index (χ1n) is 12.6. The van der Waals surface area contributed by atoms with Crippen molar-refractivity contribution in [3.63, 3.8) is 0 Å². The molecule has 2 aromatic heterocycles. The van der Waals surface area contributed by atoms with Crippen molar-refractivity contribution in [3.05, 3.63) is 12.2 Å². The molecule has 0 bridgehead atoms. The van der Waals surface area contributed by atoms with Crippen LogP contribution in [0.15, 0.2) is 6.33 Å². The second-order valence-electron chi connectivity index (χ2n) is 10.3. The molecule has 1 saturated carbocycles. The van der Waals surface area contributed by atoms with E-state index in [-0.39, 0.29) is 41.8 Å². The number of carbonyl (C=O) groups is 2. The molecule has 36 heavy (non-hydrogen) atoms. The van der Waals surface area contributed by atoms with Gasteiger partial charge in [-0.3, -0.25) is 5.01 Å². The van der Waals surface area contributed by atoms with Crippen LogP contribution in [0.2, 0.25) is 0 Å². The number of aromatic nitrogens is 4. The van der Waals surface area contributed by atoms with Gasteiger partial charge < -0.3 is 14.9 Å². The van der Waals surface area contributed by atoms with Crippen LogP contribution in [0.1, 0.15) is 58.2 Å². The molecule has 2 aliphatic rings. The molecule has 1 saturated heterocycles. The second kappa shape index (κ2) is 10.7. The van der Waals surface area contributed by atoms with Crippen molar-refractivity contribution in [1.82, 2.24) is 34.3 Å². The van der Waals surface area contributed by atoms with Gasteiger partial charge in [0.05, 0.1) is 6.04 Å². The van der Waals surface area contributed by atoms with Crippen molar-refractivity contribution in [2.24, 2.45) is 5.92 Å². The molecule has 3 heterocycles. The van der Waals surface area contributed by atoms with Crippen molar-refractivity contribution in [2.45, 2.75) is 64.5 Å². The fourth-order valence-corrected chi connectivity index (χ4v) is 5.20. The standard InChI is InChI=1S/C24H35N9O3/c1-16(2)14-32(24(35)36)33(18-7-5-6-8-18)22-20-21(27-19(13-25)28-22)31(15-26-20)23(34)30-11-9-17(10-12-30)29(3)4/h15-18H,5-12,14H2,1-4H3,(H,35,36). The van der Waals surface area contributed by atoms with E-state index in [9.17, 15) is 20.0 Å². The number of piperidine rings is 1. The monoisotopic (exact) mass is 497 g/mol. The molecule has 0 radical (unpaired) electrons. The quantitative estimate of drug-likeness (QED) is 0.598. The summed E-state index contributed by atoms with van der Waals surface area (Å²) in [5.41, 5.74) is 0.529. The zero-order chi connectivity index (χ0) is 26.0. The largest absolute Gasteiger partial charge is 0.464 e. The van der Waals surface area contributed by atoms with Crippen LogP contribution < -0.4 is 5.01 Å². The van der Waals surface area contributed by atoms with Crippen LogP contribution >= 0.6 is 0 Å². The molecule has 1 aliphatic carbocycles. The Morgan fingerprint density at radius 2 is 1.81 bits per heavy atom. The summed E-state index contributed by atoms with van der Waals surface area (Å²) in [5, 5.41) is 22.8. The molecule has 2 amide bonds. The molecular formula is C24H35N9O3. The van der Waals surface area contributed by atoms with E-state index in [0.717, 1.165) is 38.5 Å². The zero-order valence-electron chi connectivity index (χ0n) is 21.5. The number of carboxylic acid groups (broad SMARTS) is 1. The average molecular weight is 498 g/mol. The van der Waals surface area contributed by atoms with Gasteiger partial charge in [0.25, 0.3) is 0 Å². The highest BCUT2D eigenvalue weighted by atomic mass is 16.4. The van der Waals surface area contributed by atoms with Gasteiger partial charge in [0.1, 0.15) is 12.4 Å². The van der Waals surface area contributed by atoms with Gasteiger partial charge in [-0.25, -0.2) is 24.1 Å². The summed E-state index contributed by atoms with van der Waals surface area (Å²) in [6, 6.07) is 2.05. The van der Waals surface area contributed by atoms with Crippen molar-refractivity contribution >= 4 is 29.1 Å². The number of amides is 2. The number of carbonyl (C=O) groups excluding carboxylic acids is 1. The number of rotatable bonds is 6. The predicted molar refractivity (Wildman–Crippen MR) is 133 cm³/mol. The van der Waals surface area contributed by atoms with Crippen molar-refractivity contribution in [3.8, 4) is 6.07 Å². The maximum absolute atomic E-state index is 13.4. The maximum atomic E-state index is 13.4. The number of hydrazine groups is 1. The number of anilines is 1. The minimum Gasteiger partial charge on any atom is -0.464 e. The van der Waals surface area contributed by atoms with Gasteiger partial charge in [0.15, 0.2) is 17.0 Å². The van der Waals surface area contributed by atoms with Gasteiger partial charge >= 0.3 is 12.1 Å². The Bertz CT molecular complexity index is 1140. The highest BCUT2D eigenvalue weighted by Crippen LogP contribution is 2.33. The minimum atomic E-state index is -1.10. The molecule has 4 rings (SSSR count). The highest BCUT2D eigenvalue weighted by molar-refractivity contribution is 5.92. The van der Waals surface area contributed by atoms with Crippen LogP contribution in [0.5, 0.6) is 0 Å². The predicted octanol–water partition coefficient (Wildman–Crippen LogP) is 2.99. The number of hydrogen-bond acceptors (Lipinski definition) is 8. The summed E-state index contributed by atoms with van der Waals surface area (Å²) < 4.78 is 1.36. The molecule has 12 heteroatoms. The number of likely N-dealkylation sites (tertiary alicyclic amines) is 1. The number of fused-ring (bicyclic) bond motifs is 1. The first-order valence-corrected chi connectivity index (χ1v) is 12.6. The molecule has 0 atom stereocenters. The Balaban J connectivity index is 1.76. The SMILES string of the molecule is CC(C)CN(C(=O)O)N(c1nc(C#N)nc2c1ncn2C(=O)N1CCC(N(C)C)CC1)C1CCCC1. The van der Waals surface area contributed by atoms with Gasteiger partial charge in [0, 0.05) is 25.7 Å². The summed E-state index contributed by atoms with van der Waals surface area (Å²) in [6.07, 6.45) is 5.60. The van der Waals surface area contributed by atoms with Crippen LogP contribution in [-0.2, 0) is 0 Å². The highest BCUT2D eigenvalue weighted by Gasteiger charge is 2.35. The van der Waals surface area contributed by atoms with Gasteiger partial charge in [-0.15, -0.1) is 0 Å². The number of imidazole rings is 1. The molecule has 0 spiro atoms. The minimum absolute atomic E-state index is 0.0713. The summed E-state index contributed by atoms with van der Waals surface area (Å²) in [4.78, 5) is 43.0. The smallest absolute Gasteiger partial charge is 0.426 e.